The highest BCUT2D eigenvalue weighted by Crippen LogP contribution is 2.29. The van der Waals surface area contributed by atoms with E-state index in [1.165, 1.54) is 25.8 Å². The zero-order valence-corrected chi connectivity index (χ0v) is 9.55. The van der Waals surface area contributed by atoms with E-state index in [2.05, 4.69) is 10.2 Å². The number of methoxy groups -OCH3 is 1. The molecule has 0 radical (unpaired) electrons. The van der Waals surface area contributed by atoms with Gasteiger partial charge in [0.2, 0.25) is 0 Å². The van der Waals surface area contributed by atoms with Crippen molar-refractivity contribution in [3.8, 4) is 11.4 Å². The molecule has 1 N–H and O–H groups in total. The summed E-state index contributed by atoms with van der Waals surface area (Å²) in [7, 11) is 1.38. The number of aromatic carboxylic acids is 1. The molecule has 0 unspecified atom stereocenters. The molecule has 0 fully saturated rings. The van der Waals surface area contributed by atoms with Crippen LogP contribution in [0.4, 0.5) is 0 Å². The van der Waals surface area contributed by atoms with Crippen molar-refractivity contribution in [1.29, 1.82) is 0 Å². The van der Waals surface area contributed by atoms with E-state index in [0.717, 1.165) is 0 Å². The van der Waals surface area contributed by atoms with Gasteiger partial charge in [-0.25, -0.2) is 4.79 Å². The molecule has 7 heteroatoms. The molecular formula is C10H8ClN3O3. The number of ether oxygens (including phenoxy) is 1. The summed E-state index contributed by atoms with van der Waals surface area (Å²) in [6.45, 7) is 0. The molecule has 6 nitrogen and oxygen atoms in total. The lowest BCUT2D eigenvalue weighted by Gasteiger charge is -2.10. The molecule has 0 atom stereocenters. The first-order valence-electron chi connectivity index (χ1n) is 4.59. The average Bonchev–Trinajstić information content (AvgIpc) is 2.80. The smallest absolute Gasteiger partial charge is 0.341 e. The van der Waals surface area contributed by atoms with Crippen LogP contribution in [0.2, 0.25) is 5.02 Å². The van der Waals surface area contributed by atoms with Crippen LogP contribution in [0.15, 0.2) is 24.8 Å². The molecular weight excluding hydrogens is 246 g/mol. The Labute approximate surface area is 101 Å². The minimum atomic E-state index is -1.14. The third-order valence-corrected chi connectivity index (χ3v) is 2.49. The van der Waals surface area contributed by atoms with Gasteiger partial charge < -0.3 is 9.84 Å². The van der Waals surface area contributed by atoms with E-state index in [1.807, 2.05) is 0 Å². The molecule has 2 rings (SSSR count). The summed E-state index contributed by atoms with van der Waals surface area (Å²) in [5.41, 5.74) is 0.563. The molecule has 0 aliphatic heterocycles. The van der Waals surface area contributed by atoms with Crippen LogP contribution in [0.25, 0.3) is 5.69 Å². The lowest BCUT2D eigenvalue weighted by atomic mass is 10.1. The molecule has 17 heavy (non-hydrogen) atoms. The quantitative estimate of drug-likeness (QED) is 0.900. The third-order valence-electron chi connectivity index (χ3n) is 2.19. The summed E-state index contributed by atoms with van der Waals surface area (Å²) in [5.74, 6) is -0.948. The fraction of sp³-hybridized carbons (Fsp3) is 0.100. The molecule has 0 aliphatic carbocycles. The lowest BCUT2D eigenvalue weighted by Crippen LogP contribution is -2.03. The number of rotatable bonds is 3. The highest BCUT2D eigenvalue weighted by molar-refractivity contribution is 6.34. The van der Waals surface area contributed by atoms with Gasteiger partial charge in [-0.3, -0.25) is 4.57 Å². The molecule has 0 saturated heterocycles. The Hall–Kier alpha value is -2.08. The van der Waals surface area contributed by atoms with Gasteiger partial charge in [0, 0.05) is 6.07 Å². The molecule has 0 saturated carbocycles. The van der Waals surface area contributed by atoms with Crippen molar-refractivity contribution in [2.24, 2.45) is 0 Å². The molecule has 0 bridgehead atoms. The van der Waals surface area contributed by atoms with E-state index in [-0.39, 0.29) is 16.3 Å². The van der Waals surface area contributed by atoms with Gasteiger partial charge in [0.25, 0.3) is 0 Å². The fourth-order valence-electron chi connectivity index (χ4n) is 1.42. The van der Waals surface area contributed by atoms with Crippen LogP contribution in [-0.4, -0.2) is 33.0 Å². The monoisotopic (exact) mass is 253 g/mol. The van der Waals surface area contributed by atoms with Crippen molar-refractivity contribution >= 4 is 17.6 Å². The van der Waals surface area contributed by atoms with Gasteiger partial charge in [-0.1, -0.05) is 11.6 Å². The minimum absolute atomic E-state index is 0.0639. The van der Waals surface area contributed by atoms with Gasteiger partial charge >= 0.3 is 5.97 Å². The van der Waals surface area contributed by atoms with Gasteiger partial charge in [0.15, 0.2) is 0 Å². The first-order chi connectivity index (χ1) is 8.13. The normalized spacial score (nSPS) is 10.2. The summed E-state index contributed by atoms with van der Waals surface area (Å²) < 4.78 is 6.60. The van der Waals surface area contributed by atoms with Crippen molar-refractivity contribution < 1.29 is 14.6 Å². The maximum absolute atomic E-state index is 11.0. The Bertz CT molecular complexity index is 554. The van der Waals surface area contributed by atoms with Crippen LogP contribution in [0.5, 0.6) is 5.75 Å². The predicted octanol–water partition coefficient (Wildman–Crippen LogP) is 1.63. The van der Waals surface area contributed by atoms with E-state index < -0.39 is 5.97 Å². The van der Waals surface area contributed by atoms with Crippen molar-refractivity contribution in [1.82, 2.24) is 14.8 Å². The van der Waals surface area contributed by atoms with Crippen LogP contribution in [0, 0.1) is 0 Å². The molecule has 1 aromatic heterocycles. The summed E-state index contributed by atoms with van der Waals surface area (Å²) in [5, 5.41) is 16.4. The van der Waals surface area contributed by atoms with Crippen LogP contribution >= 0.6 is 11.6 Å². The number of hydrogen-bond donors (Lipinski definition) is 1. The number of carboxylic acids is 1. The number of nitrogens with zero attached hydrogens (tertiary/aromatic N) is 3. The molecule has 0 spiro atoms. The number of benzene rings is 1. The summed E-state index contributed by atoms with van der Waals surface area (Å²) in [4.78, 5) is 11.0. The van der Waals surface area contributed by atoms with Gasteiger partial charge in [0.05, 0.1) is 17.8 Å². The molecule has 88 valence electrons. The second kappa shape index (κ2) is 4.42. The zero-order valence-electron chi connectivity index (χ0n) is 8.79. The molecule has 1 aromatic carbocycles. The zero-order chi connectivity index (χ0) is 12.4. The van der Waals surface area contributed by atoms with Crippen LogP contribution in [-0.2, 0) is 0 Å². The number of aromatic nitrogens is 3. The number of hydrogen-bond acceptors (Lipinski definition) is 4. The Morgan fingerprint density at radius 2 is 2.06 bits per heavy atom. The third kappa shape index (κ3) is 2.07. The predicted molar refractivity (Wildman–Crippen MR) is 59.9 cm³/mol. The largest absolute Gasteiger partial charge is 0.496 e. The number of halogens is 1. The Morgan fingerprint density at radius 3 is 2.59 bits per heavy atom. The first-order valence-corrected chi connectivity index (χ1v) is 4.97. The van der Waals surface area contributed by atoms with Gasteiger partial charge in [-0.15, -0.1) is 10.2 Å². The van der Waals surface area contributed by atoms with E-state index in [0.29, 0.717) is 5.69 Å². The van der Waals surface area contributed by atoms with Crippen molar-refractivity contribution in [3.05, 3.63) is 35.4 Å². The van der Waals surface area contributed by atoms with Crippen molar-refractivity contribution in [3.63, 3.8) is 0 Å². The van der Waals surface area contributed by atoms with E-state index >= 15 is 0 Å². The van der Waals surface area contributed by atoms with Gasteiger partial charge in [-0.2, -0.15) is 0 Å². The van der Waals surface area contributed by atoms with E-state index in [9.17, 15) is 4.79 Å². The van der Waals surface area contributed by atoms with Crippen molar-refractivity contribution in [2.75, 3.05) is 7.11 Å². The summed E-state index contributed by atoms with van der Waals surface area (Å²) >= 11 is 5.91. The maximum Gasteiger partial charge on any atom is 0.341 e. The standard InChI is InChI=1S/C10H8ClN3O3/c1-17-8-3-6(14-4-12-13-5-14)2-7(11)9(8)10(15)16/h2-5H,1H3,(H,15,16). The lowest BCUT2D eigenvalue weighted by molar-refractivity contribution is 0.0693. The molecule has 0 aliphatic rings. The van der Waals surface area contributed by atoms with E-state index in [4.69, 9.17) is 21.4 Å². The van der Waals surface area contributed by atoms with E-state index in [1.54, 1.807) is 10.6 Å². The average molecular weight is 254 g/mol. The number of carboxylic acid groups (broad SMARTS) is 1. The fourth-order valence-corrected chi connectivity index (χ4v) is 1.71. The highest BCUT2D eigenvalue weighted by Gasteiger charge is 2.17. The second-order valence-electron chi connectivity index (χ2n) is 3.18. The Kier molecular flexibility index (Phi) is 2.97. The summed E-state index contributed by atoms with van der Waals surface area (Å²) in [6.07, 6.45) is 2.96. The molecule has 2 aromatic rings. The second-order valence-corrected chi connectivity index (χ2v) is 3.59. The topological polar surface area (TPSA) is 77.2 Å². The first kappa shape index (κ1) is 11.4. The Balaban J connectivity index is 2.60. The Morgan fingerprint density at radius 1 is 1.41 bits per heavy atom. The minimum Gasteiger partial charge on any atom is -0.496 e. The highest BCUT2D eigenvalue weighted by atomic mass is 35.5. The summed E-state index contributed by atoms with van der Waals surface area (Å²) in [6, 6.07) is 3.07. The van der Waals surface area contributed by atoms with Gasteiger partial charge in [-0.05, 0) is 6.07 Å². The van der Waals surface area contributed by atoms with Crippen LogP contribution in [0.1, 0.15) is 10.4 Å². The molecule has 1 heterocycles. The maximum atomic E-state index is 11.0. The van der Waals surface area contributed by atoms with Gasteiger partial charge in [0.1, 0.15) is 24.0 Å². The van der Waals surface area contributed by atoms with Crippen LogP contribution < -0.4 is 4.74 Å². The molecule has 0 amide bonds. The SMILES string of the molecule is COc1cc(-n2cnnc2)cc(Cl)c1C(=O)O. The van der Waals surface area contributed by atoms with Crippen molar-refractivity contribution in [2.45, 2.75) is 0 Å². The van der Waals surface area contributed by atoms with Crippen LogP contribution in [0.3, 0.4) is 0 Å². The number of carbonyl (C=O) groups is 1.